The SMILES string of the molecule is CN1C(=O)C(C)(C)c2cc(C(=O)CNC3CC3)ccc21. The number of nitrogens with one attached hydrogen (secondary N) is 1. The number of carbonyl (C=O) groups excluding carboxylic acids is 2. The van der Waals surface area contributed by atoms with Crippen molar-refractivity contribution >= 4 is 17.4 Å². The van der Waals surface area contributed by atoms with E-state index in [0.29, 0.717) is 18.2 Å². The molecule has 3 rings (SSSR count). The van der Waals surface area contributed by atoms with E-state index in [2.05, 4.69) is 5.32 Å². The number of likely N-dealkylation sites (N-methyl/N-ethyl adjacent to an activating group) is 1. The summed E-state index contributed by atoms with van der Waals surface area (Å²) in [6, 6.07) is 6.11. The number of nitrogens with zero attached hydrogens (tertiary/aromatic N) is 1. The van der Waals surface area contributed by atoms with Gasteiger partial charge in [-0.15, -0.1) is 0 Å². The molecule has 0 bridgehead atoms. The summed E-state index contributed by atoms with van der Waals surface area (Å²) in [5.74, 6) is 0.172. The summed E-state index contributed by atoms with van der Waals surface area (Å²) in [4.78, 5) is 26.1. The van der Waals surface area contributed by atoms with Gasteiger partial charge in [0.15, 0.2) is 5.78 Å². The lowest BCUT2D eigenvalue weighted by Gasteiger charge is -2.16. The average molecular weight is 272 g/mol. The van der Waals surface area contributed by atoms with E-state index < -0.39 is 5.41 Å². The standard InChI is InChI=1S/C16H20N2O2/c1-16(2)12-8-10(14(19)9-17-11-5-6-11)4-7-13(12)18(3)15(16)20/h4,7-8,11,17H,5-6,9H2,1-3H3. The van der Waals surface area contributed by atoms with Crippen molar-refractivity contribution in [1.29, 1.82) is 0 Å². The van der Waals surface area contributed by atoms with Crippen molar-refractivity contribution in [3.05, 3.63) is 29.3 Å². The van der Waals surface area contributed by atoms with Crippen LogP contribution in [0.3, 0.4) is 0 Å². The van der Waals surface area contributed by atoms with Crippen molar-refractivity contribution in [2.24, 2.45) is 0 Å². The Morgan fingerprint density at radius 2 is 2.10 bits per heavy atom. The van der Waals surface area contributed by atoms with Crippen LogP contribution in [0.5, 0.6) is 0 Å². The van der Waals surface area contributed by atoms with Gasteiger partial charge >= 0.3 is 0 Å². The molecule has 4 heteroatoms. The van der Waals surface area contributed by atoms with E-state index in [0.717, 1.165) is 11.3 Å². The van der Waals surface area contributed by atoms with Gasteiger partial charge in [0.25, 0.3) is 0 Å². The Bertz CT molecular complexity index is 588. The summed E-state index contributed by atoms with van der Waals surface area (Å²) in [6.07, 6.45) is 2.34. The third kappa shape index (κ3) is 2.04. The normalized spacial score (nSPS) is 20.1. The van der Waals surface area contributed by atoms with E-state index in [1.54, 1.807) is 11.9 Å². The van der Waals surface area contributed by atoms with Gasteiger partial charge in [0.1, 0.15) is 0 Å². The number of anilines is 1. The molecule has 1 aromatic rings. The molecule has 0 saturated heterocycles. The average Bonchev–Trinajstić information content (AvgIpc) is 3.23. The maximum Gasteiger partial charge on any atom is 0.236 e. The van der Waals surface area contributed by atoms with Gasteiger partial charge in [-0.1, -0.05) is 0 Å². The number of benzene rings is 1. The second-order valence-electron chi connectivity index (χ2n) is 6.30. The maximum atomic E-state index is 12.2. The molecule has 106 valence electrons. The quantitative estimate of drug-likeness (QED) is 0.851. The topological polar surface area (TPSA) is 49.4 Å². The van der Waals surface area contributed by atoms with E-state index in [9.17, 15) is 9.59 Å². The minimum Gasteiger partial charge on any atom is -0.314 e. The Morgan fingerprint density at radius 1 is 1.40 bits per heavy atom. The van der Waals surface area contributed by atoms with Gasteiger partial charge in [-0.3, -0.25) is 9.59 Å². The molecule has 2 aliphatic rings. The van der Waals surface area contributed by atoms with Crippen molar-refractivity contribution in [2.75, 3.05) is 18.5 Å². The molecule has 1 saturated carbocycles. The lowest BCUT2D eigenvalue weighted by Crippen LogP contribution is -2.33. The fourth-order valence-electron chi connectivity index (χ4n) is 2.77. The predicted octanol–water partition coefficient (Wildman–Crippen LogP) is 1.88. The molecule has 0 unspecified atom stereocenters. The first-order valence-electron chi connectivity index (χ1n) is 7.10. The molecule has 1 N–H and O–H groups in total. The monoisotopic (exact) mass is 272 g/mol. The number of amides is 1. The van der Waals surface area contributed by atoms with E-state index in [1.165, 1.54) is 12.8 Å². The number of rotatable bonds is 4. The van der Waals surface area contributed by atoms with Crippen molar-refractivity contribution in [3.63, 3.8) is 0 Å². The van der Waals surface area contributed by atoms with Crippen molar-refractivity contribution < 1.29 is 9.59 Å². The molecule has 1 amide bonds. The van der Waals surface area contributed by atoms with Gasteiger partial charge in [0.05, 0.1) is 12.0 Å². The first-order valence-corrected chi connectivity index (χ1v) is 7.10. The lowest BCUT2D eigenvalue weighted by molar-refractivity contribution is -0.121. The highest BCUT2D eigenvalue weighted by molar-refractivity contribution is 6.08. The molecule has 1 aliphatic carbocycles. The van der Waals surface area contributed by atoms with Crippen LogP contribution in [0.2, 0.25) is 0 Å². The van der Waals surface area contributed by atoms with E-state index in [1.807, 2.05) is 32.0 Å². The van der Waals surface area contributed by atoms with Gasteiger partial charge in [-0.2, -0.15) is 0 Å². The van der Waals surface area contributed by atoms with Crippen molar-refractivity contribution in [2.45, 2.75) is 38.1 Å². The summed E-state index contributed by atoms with van der Waals surface area (Å²) >= 11 is 0. The first kappa shape index (κ1) is 13.3. The number of Topliss-reactive ketones (excluding diaryl/α,β-unsaturated/α-hetero) is 1. The molecule has 1 aliphatic heterocycles. The Morgan fingerprint density at radius 3 is 2.75 bits per heavy atom. The minimum absolute atomic E-state index is 0.0770. The van der Waals surface area contributed by atoms with Gasteiger partial charge in [-0.25, -0.2) is 0 Å². The highest BCUT2D eigenvalue weighted by atomic mass is 16.2. The highest BCUT2D eigenvalue weighted by Crippen LogP contribution is 2.41. The summed E-state index contributed by atoms with van der Waals surface area (Å²) in [7, 11) is 1.78. The Labute approximate surface area is 119 Å². The Hall–Kier alpha value is -1.68. The largest absolute Gasteiger partial charge is 0.314 e. The summed E-state index contributed by atoms with van der Waals surface area (Å²) < 4.78 is 0. The Balaban J connectivity index is 1.87. The van der Waals surface area contributed by atoms with Gasteiger partial charge < -0.3 is 10.2 Å². The molecule has 1 fully saturated rings. The van der Waals surface area contributed by atoms with Crippen LogP contribution in [-0.2, 0) is 10.2 Å². The molecule has 0 radical (unpaired) electrons. The molecular formula is C16H20N2O2. The van der Waals surface area contributed by atoms with E-state index >= 15 is 0 Å². The molecule has 4 nitrogen and oxygen atoms in total. The zero-order valence-corrected chi connectivity index (χ0v) is 12.2. The van der Waals surface area contributed by atoms with Crippen LogP contribution in [0.25, 0.3) is 0 Å². The second-order valence-corrected chi connectivity index (χ2v) is 6.30. The molecule has 0 atom stereocenters. The van der Waals surface area contributed by atoms with Crippen LogP contribution < -0.4 is 10.2 Å². The lowest BCUT2D eigenvalue weighted by atomic mass is 9.85. The van der Waals surface area contributed by atoms with Crippen molar-refractivity contribution in [1.82, 2.24) is 5.32 Å². The van der Waals surface area contributed by atoms with Crippen LogP contribution in [0.15, 0.2) is 18.2 Å². The van der Waals surface area contributed by atoms with Gasteiger partial charge in [-0.05, 0) is 50.5 Å². The third-order valence-electron chi connectivity index (χ3n) is 4.32. The van der Waals surface area contributed by atoms with Crippen LogP contribution >= 0.6 is 0 Å². The van der Waals surface area contributed by atoms with Gasteiger partial charge in [0.2, 0.25) is 5.91 Å². The highest BCUT2D eigenvalue weighted by Gasteiger charge is 2.42. The molecule has 0 spiro atoms. The van der Waals surface area contributed by atoms with Crippen LogP contribution in [-0.4, -0.2) is 31.3 Å². The van der Waals surface area contributed by atoms with Crippen LogP contribution in [0, 0.1) is 0 Å². The Kier molecular flexibility index (Phi) is 2.94. The number of ketones is 1. The van der Waals surface area contributed by atoms with Crippen LogP contribution in [0.1, 0.15) is 42.6 Å². The minimum atomic E-state index is -0.551. The maximum absolute atomic E-state index is 12.2. The fraction of sp³-hybridized carbons (Fsp3) is 0.500. The molecular weight excluding hydrogens is 252 g/mol. The fourth-order valence-corrected chi connectivity index (χ4v) is 2.77. The third-order valence-corrected chi connectivity index (χ3v) is 4.32. The molecule has 1 aromatic carbocycles. The smallest absolute Gasteiger partial charge is 0.236 e. The summed E-state index contributed by atoms with van der Waals surface area (Å²) in [5, 5.41) is 3.23. The number of carbonyl (C=O) groups is 2. The van der Waals surface area contributed by atoms with E-state index in [-0.39, 0.29) is 11.7 Å². The molecule has 1 heterocycles. The molecule has 20 heavy (non-hydrogen) atoms. The van der Waals surface area contributed by atoms with Gasteiger partial charge in [0, 0.05) is 24.3 Å². The van der Waals surface area contributed by atoms with Crippen LogP contribution in [0.4, 0.5) is 5.69 Å². The molecule has 0 aromatic heterocycles. The number of fused-ring (bicyclic) bond motifs is 1. The van der Waals surface area contributed by atoms with E-state index in [4.69, 9.17) is 0 Å². The predicted molar refractivity (Wildman–Crippen MR) is 78.2 cm³/mol. The summed E-state index contributed by atoms with van der Waals surface area (Å²) in [6.45, 7) is 4.20. The zero-order chi connectivity index (χ0) is 14.5. The zero-order valence-electron chi connectivity index (χ0n) is 12.2. The number of hydrogen-bond acceptors (Lipinski definition) is 3. The number of hydrogen-bond donors (Lipinski definition) is 1. The van der Waals surface area contributed by atoms with Crippen molar-refractivity contribution in [3.8, 4) is 0 Å². The first-order chi connectivity index (χ1) is 9.41. The summed E-state index contributed by atoms with van der Waals surface area (Å²) in [5.41, 5.74) is 1.99. The second kappa shape index (κ2) is 4.42.